The predicted octanol–water partition coefficient (Wildman–Crippen LogP) is 2.91. The molecule has 6 heteroatoms. The SMILES string of the molecule is CC(=O)Nc1cccc(Nc2cncc3cc(N)ncc23)c1. The first-order valence-corrected chi connectivity index (χ1v) is 6.76. The molecule has 6 nitrogen and oxygen atoms in total. The Morgan fingerprint density at radius 2 is 1.95 bits per heavy atom. The molecule has 3 rings (SSSR count). The van der Waals surface area contributed by atoms with E-state index in [1.54, 1.807) is 24.7 Å². The quantitative estimate of drug-likeness (QED) is 0.690. The van der Waals surface area contributed by atoms with Crippen LogP contribution in [0.1, 0.15) is 6.92 Å². The van der Waals surface area contributed by atoms with Crippen LogP contribution >= 0.6 is 0 Å². The first-order chi connectivity index (χ1) is 10.6. The number of hydrogen-bond donors (Lipinski definition) is 3. The van der Waals surface area contributed by atoms with Gasteiger partial charge in [-0.25, -0.2) is 4.98 Å². The summed E-state index contributed by atoms with van der Waals surface area (Å²) < 4.78 is 0. The first kappa shape index (κ1) is 13.8. The first-order valence-electron chi connectivity index (χ1n) is 6.76. The number of anilines is 4. The highest BCUT2D eigenvalue weighted by Gasteiger charge is 2.04. The monoisotopic (exact) mass is 293 g/mol. The van der Waals surface area contributed by atoms with Crippen LogP contribution in [0.2, 0.25) is 0 Å². The highest BCUT2D eigenvalue weighted by Crippen LogP contribution is 2.26. The number of nitrogens with zero attached hydrogens (tertiary/aromatic N) is 2. The molecule has 4 N–H and O–H groups in total. The molecule has 0 atom stereocenters. The van der Waals surface area contributed by atoms with Crippen molar-refractivity contribution < 1.29 is 4.79 Å². The van der Waals surface area contributed by atoms with Crippen molar-refractivity contribution in [1.82, 2.24) is 9.97 Å². The van der Waals surface area contributed by atoms with Gasteiger partial charge in [-0.05, 0) is 24.3 Å². The van der Waals surface area contributed by atoms with Gasteiger partial charge in [0.25, 0.3) is 0 Å². The van der Waals surface area contributed by atoms with Gasteiger partial charge in [-0.3, -0.25) is 9.78 Å². The molecule has 1 aromatic carbocycles. The van der Waals surface area contributed by atoms with Gasteiger partial charge in [0.2, 0.25) is 5.91 Å². The van der Waals surface area contributed by atoms with E-state index in [1.165, 1.54) is 6.92 Å². The highest BCUT2D eigenvalue weighted by atomic mass is 16.1. The van der Waals surface area contributed by atoms with Crippen molar-refractivity contribution in [1.29, 1.82) is 0 Å². The molecule has 0 aliphatic rings. The number of aromatic nitrogens is 2. The summed E-state index contributed by atoms with van der Waals surface area (Å²) in [7, 11) is 0. The molecule has 110 valence electrons. The predicted molar refractivity (Wildman–Crippen MR) is 88.0 cm³/mol. The molecule has 0 radical (unpaired) electrons. The van der Waals surface area contributed by atoms with Crippen LogP contribution in [-0.2, 0) is 4.79 Å². The smallest absolute Gasteiger partial charge is 0.221 e. The molecular formula is C16H15N5O. The molecule has 0 bridgehead atoms. The number of amides is 1. The zero-order valence-corrected chi connectivity index (χ0v) is 12.0. The molecule has 0 aliphatic carbocycles. The molecule has 0 unspecified atom stereocenters. The van der Waals surface area contributed by atoms with Crippen molar-refractivity contribution in [3.8, 4) is 0 Å². The largest absolute Gasteiger partial charge is 0.384 e. The Morgan fingerprint density at radius 3 is 2.77 bits per heavy atom. The Morgan fingerprint density at radius 1 is 1.14 bits per heavy atom. The Bertz CT molecular complexity index is 847. The van der Waals surface area contributed by atoms with E-state index in [0.29, 0.717) is 5.82 Å². The number of nitrogen functional groups attached to an aromatic ring is 1. The Kier molecular flexibility index (Phi) is 3.57. The fraction of sp³-hybridized carbons (Fsp3) is 0.0625. The summed E-state index contributed by atoms with van der Waals surface area (Å²) in [5.74, 6) is 0.350. The molecule has 0 saturated carbocycles. The fourth-order valence-corrected chi connectivity index (χ4v) is 2.21. The van der Waals surface area contributed by atoms with Crippen LogP contribution < -0.4 is 16.4 Å². The van der Waals surface area contributed by atoms with E-state index in [1.807, 2.05) is 24.3 Å². The van der Waals surface area contributed by atoms with Crippen LogP contribution in [-0.4, -0.2) is 15.9 Å². The summed E-state index contributed by atoms with van der Waals surface area (Å²) in [5.41, 5.74) is 8.09. The average molecular weight is 293 g/mol. The number of pyridine rings is 2. The molecule has 0 aliphatic heterocycles. The average Bonchev–Trinajstić information content (AvgIpc) is 2.47. The van der Waals surface area contributed by atoms with Crippen molar-refractivity contribution in [2.45, 2.75) is 6.92 Å². The van der Waals surface area contributed by atoms with E-state index in [-0.39, 0.29) is 5.91 Å². The van der Waals surface area contributed by atoms with Gasteiger partial charge in [0, 0.05) is 41.5 Å². The summed E-state index contributed by atoms with van der Waals surface area (Å²) in [6.45, 7) is 1.48. The van der Waals surface area contributed by atoms with Crippen LogP contribution in [0, 0.1) is 0 Å². The van der Waals surface area contributed by atoms with E-state index >= 15 is 0 Å². The highest BCUT2D eigenvalue weighted by molar-refractivity contribution is 5.95. The van der Waals surface area contributed by atoms with Crippen molar-refractivity contribution >= 4 is 39.6 Å². The summed E-state index contributed by atoms with van der Waals surface area (Å²) in [5, 5.41) is 7.88. The topological polar surface area (TPSA) is 92.9 Å². The Labute approximate surface area is 127 Å². The number of nitrogens with two attached hydrogens (primary N) is 1. The fourth-order valence-electron chi connectivity index (χ4n) is 2.21. The van der Waals surface area contributed by atoms with Crippen LogP contribution in [0.3, 0.4) is 0 Å². The standard InChI is InChI=1S/C16H15N5O/c1-10(22)20-12-3-2-4-13(6-12)21-15-9-18-7-11-5-16(17)19-8-14(11)15/h2-9,21H,1H3,(H2,17,19)(H,20,22). The van der Waals surface area contributed by atoms with Gasteiger partial charge >= 0.3 is 0 Å². The third-order valence-corrected chi connectivity index (χ3v) is 3.13. The summed E-state index contributed by atoms with van der Waals surface area (Å²) in [6.07, 6.45) is 5.18. The normalized spacial score (nSPS) is 10.4. The zero-order valence-electron chi connectivity index (χ0n) is 12.0. The van der Waals surface area contributed by atoms with Crippen molar-refractivity contribution in [2.75, 3.05) is 16.4 Å². The maximum absolute atomic E-state index is 11.1. The number of fused-ring (bicyclic) bond motifs is 1. The molecule has 1 amide bonds. The minimum absolute atomic E-state index is 0.108. The van der Waals surface area contributed by atoms with Crippen LogP contribution in [0.15, 0.2) is 48.9 Å². The van der Waals surface area contributed by atoms with Gasteiger partial charge in [0.1, 0.15) is 5.82 Å². The Balaban J connectivity index is 1.95. The van der Waals surface area contributed by atoms with Crippen molar-refractivity contribution in [3.05, 3.63) is 48.9 Å². The molecule has 0 saturated heterocycles. The minimum Gasteiger partial charge on any atom is -0.384 e. The summed E-state index contributed by atoms with van der Waals surface area (Å²) in [4.78, 5) is 19.5. The second-order valence-corrected chi connectivity index (χ2v) is 4.90. The van der Waals surface area contributed by atoms with E-state index in [0.717, 1.165) is 27.8 Å². The second kappa shape index (κ2) is 5.69. The van der Waals surface area contributed by atoms with Gasteiger partial charge in [-0.15, -0.1) is 0 Å². The molecule has 2 heterocycles. The third kappa shape index (κ3) is 2.95. The van der Waals surface area contributed by atoms with Gasteiger partial charge < -0.3 is 16.4 Å². The lowest BCUT2D eigenvalue weighted by Crippen LogP contribution is -2.05. The number of nitrogens with one attached hydrogen (secondary N) is 2. The molecule has 0 spiro atoms. The lowest BCUT2D eigenvalue weighted by molar-refractivity contribution is -0.114. The van der Waals surface area contributed by atoms with E-state index in [9.17, 15) is 4.79 Å². The van der Waals surface area contributed by atoms with Crippen LogP contribution in [0.5, 0.6) is 0 Å². The van der Waals surface area contributed by atoms with Crippen LogP contribution in [0.4, 0.5) is 22.9 Å². The zero-order chi connectivity index (χ0) is 15.5. The third-order valence-electron chi connectivity index (χ3n) is 3.13. The molecule has 0 fully saturated rings. The van der Waals surface area contributed by atoms with Crippen LogP contribution in [0.25, 0.3) is 10.8 Å². The van der Waals surface area contributed by atoms with Gasteiger partial charge in [-0.1, -0.05) is 6.07 Å². The summed E-state index contributed by atoms with van der Waals surface area (Å²) >= 11 is 0. The Hall–Kier alpha value is -3.15. The van der Waals surface area contributed by atoms with E-state index in [4.69, 9.17) is 5.73 Å². The number of carbonyl (C=O) groups is 1. The number of rotatable bonds is 3. The molecular weight excluding hydrogens is 278 g/mol. The second-order valence-electron chi connectivity index (χ2n) is 4.90. The molecule has 2 aromatic heterocycles. The minimum atomic E-state index is -0.108. The lowest BCUT2D eigenvalue weighted by atomic mass is 10.2. The van der Waals surface area contributed by atoms with Gasteiger partial charge in [0.05, 0.1) is 11.9 Å². The maximum atomic E-state index is 11.1. The summed E-state index contributed by atoms with van der Waals surface area (Å²) in [6, 6.07) is 9.24. The number of hydrogen-bond acceptors (Lipinski definition) is 5. The number of carbonyl (C=O) groups excluding carboxylic acids is 1. The molecule has 3 aromatic rings. The van der Waals surface area contributed by atoms with Crippen molar-refractivity contribution in [3.63, 3.8) is 0 Å². The number of benzene rings is 1. The molecule has 22 heavy (non-hydrogen) atoms. The van der Waals surface area contributed by atoms with Crippen molar-refractivity contribution in [2.24, 2.45) is 0 Å². The maximum Gasteiger partial charge on any atom is 0.221 e. The van der Waals surface area contributed by atoms with E-state index in [2.05, 4.69) is 20.6 Å². The van der Waals surface area contributed by atoms with Gasteiger partial charge in [-0.2, -0.15) is 0 Å². The van der Waals surface area contributed by atoms with Gasteiger partial charge in [0.15, 0.2) is 0 Å². The van der Waals surface area contributed by atoms with E-state index < -0.39 is 0 Å². The lowest BCUT2D eigenvalue weighted by Gasteiger charge is -2.11.